The van der Waals surface area contributed by atoms with Gasteiger partial charge in [0.05, 0.1) is 0 Å². The van der Waals surface area contributed by atoms with Crippen LogP contribution in [-0.2, 0) is 11.0 Å². The Balaban J connectivity index is 2.65. The van der Waals surface area contributed by atoms with Crippen molar-refractivity contribution >= 4 is 12.9 Å². The lowest BCUT2D eigenvalue weighted by atomic mass is 9.73. The fraction of sp³-hybridized carbons (Fsp3) is 0.524. The Kier molecular flexibility index (Phi) is 6.96. The summed E-state index contributed by atoms with van der Waals surface area (Å²) in [6.45, 7) is 9.86. The maximum Gasteiger partial charge on any atom is 0.131 e. The fourth-order valence-electron chi connectivity index (χ4n) is 4.01. The molecule has 150 valence electrons. The molecular weight excluding hydrogens is 363 g/mol. The molecule has 2 atom stereocenters. The van der Waals surface area contributed by atoms with E-state index in [0.29, 0.717) is 12.8 Å². The van der Waals surface area contributed by atoms with E-state index in [9.17, 15) is 24.6 Å². The van der Waals surface area contributed by atoms with Crippen molar-refractivity contribution in [3.63, 3.8) is 0 Å². The van der Waals surface area contributed by atoms with Gasteiger partial charge in [-0.25, -0.2) is 0 Å². The second-order valence-corrected chi connectivity index (χ2v) is 9.09. The maximum absolute atomic E-state index is 11.9. The molecule has 27 heavy (non-hydrogen) atoms. The number of phenolic OH excluding ortho intramolecular Hbond substituents is 2. The van der Waals surface area contributed by atoms with Crippen molar-refractivity contribution in [1.29, 1.82) is 0 Å². The number of allylic oxidation sites excluding steroid dienone is 3. The molecule has 0 aliphatic heterocycles. The first kappa shape index (κ1) is 21.7. The van der Waals surface area contributed by atoms with Crippen molar-refractivity contribution in [3.05, 3.63) is 41.0 Å². The molecule has 1 aliphatic rings. The van der Waals surface area contributed by atoms with Gasteiger partial charge >= 0.3 is 0 Å². The van der Waals surface area contributed by atoms with E-state index in [1.807, 2.05) is 26.8 Å². The van der Waals surface area contributed by atoms with E-state index in [1.165, 1.54) is 6.07 Å². The van der Waals surface area contributed by atoms with Crippen molar-refractivity contribution < 1.29 is 24.6 Å². The molecule has 2 N–H and O–H groups in total. The van der Waals surface area contributed by atoms with Gasteiger partial charge in [0.2, 0.25) is 0 Å². The van der Waals surface area contributed by atoms with Gasteiger partial charge in [0.15, 0.2) is 0 Å². The van der Waals surface area contributed by atoms with Gasteiger partial charge in [-0.15, -0.1) is 0 Å². The van der Waals surface area contributed by atoms with Gasteiger partial charge < -0.3 is 24.6 Å². The summed E-state index contributed by atoms with van der Waals surface area (Å²) in [4.78, 5) is 23.9. The number of aryl methyl sites for hydroxylation is 1. The number of unbranched alkanes of at least 4 members (excludes halogenated alkanes) is 2. The van der Waals surface area contributed by atoms with Crippen LogP contribution in [0.5, 0.6) is 11.5 Å². The summed E-state index contributed by atoms with van der Waals surface area (Å²) in [7, 11) is -5.20. The first-order valence-electron chi connectivity index (χ1n) is 9.50. The van der Waals surface area contributed by atoms with Gasteiger partial charge in [0.25, 0.3) is 0 Å². The van der Waals surface area contributed by atoms with Crippen LogP contribution >= 0.6 is 7.60 Å². The quantitative estimate of drug-likeness (QED) is 0.421. The van der Waals surface area contributed by atoms with Gasteiger partial charge in [-0.2, -0.15) is 0 Å². The zero-order valence-electron chi connectivity index (χ0n) is 16.3. The van der Waals surface area contributed by atoms with E-state index in [1.54, 1.807) is 0 Å². The van der Waals surface area contributed by atoms with Crippen LogP contribution in [0.1, 0.15) is 69.9 Å². The minimum Gasteiger partial charge on any atom is -0.807 e. The number of rotatable bonds is 7. The van der Waals surface area contributed by atoms with Gasteiger partial charge in [-0.05, 0) is 64.7 Å². The molecule has 2 rings (SSSR count). The third kappa shape index (κ3) is 4.84. The zero-order valence-corrected chi connectivity index (χ0v) is 17.2. The highest BCUT2D eigenvalue weighted by Crippen LogP contribution is 2.48. The molecule has 0 amide bonds. The fourth-order valence-corrected chi connectivity index (χ4v) is 4.92. The van der Waals surface area contributed by atoms with Crippen molar-refractivity contribution in [3.8, 4) is 11.5 Å². The Morgan fingerprint density at radius 2 is 2.00 bits per heavy atom. The lowest BCUT2D eigenvalue weighted by Crippen LogP contribution is -2.29. The lowest BCUT2D eigenvalue weighted by molar-refractivity contribution is -0.308. The lowest BCUT2D eigenvalue weighted by Gasteiger charge is -2.36. The van der Waals surface area contributed by atoms with Gasteiger partial charge in [-0.1, -0.05) is 43.6 Å². The summed E-state index contributed by atoms with van der Waals surface area (Å²) < 4.78 is 11.9. The second-order valence-electron chi connectivity index (χ2n) is 7.65. The first-order chi connectivity index (χ1) is 12.6. The summed E-state index contributed by atoms with van der Waals surface area (Å²) in [5, 5.41) is 20.9. The molecule has 5 nitrogen and oxygen atoms in total. The number of benzene rings is 1. The number of hydrogen-bond donors (Lipinski definition) is 2. The molecule has 0 spiro atoms. The first-order valence-corrected chi connectivity index (χ1v) is 11.0. The molecule has 1 aromatic carbocycles. The van der Waals surface area contributed by atoms with Crippen molar-refractivity contribution in [2.24, 2.45) is 5.92 Å². The van der Waals surface area contributed by atoms with Crippen LogP contribution in [0.25, 0.3) is 0 Å². The van der Waals surface area contributed by atoms with Crippen LogP contribution in [0, 0.1) is 5.92 Å². The summed E-state index contributed by atoms with van der Waals surface area (Å²) in [6, 6.07) is 1.34. The van der Waals surface area contributed by atoms with Gasteiger partial charge in [-0.3, -0.25) is 0 Å². The van der Waals surface area contributed by atoms with Crippen LogP contribution in [0.4, 0.5) is 0 Å². The minimum atomic E-state index is -5.20. The Labute approximate surface area is 161 Å². The predicted molar refractivity (Wildman–Crippen MR) is 104 cm³/mol. The molecular formula is C21H29O5P-2. The third-order valence-electron chi connectivity index (χ3n) is 5.41. The van der Waals surface area contributed by atoms with Crippen LogP contribution in [0.15, 0.2) is 29.9 Å². The highest BCUT2D eigenvalue weighted by Gasteiger charge is 2.32. The van der Waals surface area contributed by atoms with E-state index < -0.39 is 24.6 Å². The van der Waals surface area contributed by atoms with Crippen molar-refractivity contribution in [2.75, 3.05) is 0 Å². The van der Waals surface area contributed by atoms with E-state index in [-0.39, 0.29) is 22.8 Å². The molecule has 1 aliphatic carbocycles. The molecule has 0 radical (unpaired) electrons. The third-order valence-corrected chi connectivity index (χ3v) is 6.45. The van der Waals surface area contributed by atoms with Crippen molar-refractivity contribution in [2.45, 2.75) is 65.2 Å². The Hall–Kier alpha value is -1.55. The second kappa shape index (κ2) is 8.64. The molecule has 0 unspecified atom stereocenters. The van der Waals surface area contributed by atoms with E-state index >= 15 is 0 Å². The zero-order chi connectivity index (χ0) is 20.4. The van der Waals surface area contributed by atoms with Crippen LogP contribution in [-0.4, -0.2) is 10.2 Å². The average Bonchev–Trinajstić information content (AvgIpc) is 2.53. The normalized spacial score (nSPS) is 20.4. The van der Waals surface area contributed by atoms with Gasteiger partial charge in [0.1, 0.15) is 11.5 Å². The highest BCUT2D eigenvalue weighted by atomic mass is 31.2. The highest BCUT2D eigenvalue weighted by molar-refractivity contribution is 7.57. The summed E-state index contributed by atoms with van der Waals surface area (Å²) in [5.74, 6) is -1.22. The minimum absolute atomic E-state index is 0.0398. The van der Waals surface area contributed by atoms with Crippen LogP contribution in [0.2, 0.25) is 0 Å². The van der Waals surface area contributed by atoms with E-state index in [0.717, 1.165) is 36.8 Å². The Morgan fingerprint density at radius 1 is 1.33 bits per heavy atom. The topological polar surface area (TPSA) is 104 Å². The summed E-state index contributed by atoms with van der Waals surface area (Å²) >= 11 is 0. The smallest absolute Gasteiger partial charge is 0.131 e. The van der Waals surface area contributed by atoms with Crippen LogP contribution in [0.3, 0.4) is 0 Å². The van der Waals surface area contributed by atoms with Crippen LogP contribution < -0.4 is 15.1 Å². The molecule has 0 bridgehead atoms. The van der Waals surface area contributed by atoms with E-state index in [2.05, 4.69) is 6.58 Å². The SMILES string of the molecule is C=C(C)[C@@H]1CCC(C)=C[C@H]1c1c(O)cc(CCCCC)c(P(=O)([O-])[O-])c1O. The average molecular weight is 392 g/mol. The number of hydrogen-bond acceptors (Lipinski definition) is 5. The molecule has 0 heterocycles. The molecule has 0 fully saturated rings. The Bertz CT molecular complexity index is 790. The van der Waals surface area contributed by atoms with Gasteiger partial charge in [0, 0.05) is 16.8 Å². The number of phenols is 2. The molecule has 1 aromatic rings. The summed E-state index contributed by atoms with van der Waals surface area (Å²) in [6.07, 6.45) is 6.40. The monoisotopic (exact) mass is 392 g/mol. The molecule has 0 saturated carbocycles. The summed E-state index contributed by atoms with van der Waals surface area (Å²) in [5.41, 5.74) is 2.29. The molecule has 0 aromatic heterocycles. The van der Waals surface area contributed by atoms with E-state index in [4.69, 9.17) is 0 Å². The van der Waals surface area contributed by atoms with Crippen molar-refractivity contribution in [1.82, 2.24) is 0 Å². The largest absolute Gasteiger partial charge is 0.807 e. The molecule has 0 saturated heterocycles. The predicted octanol–water partition coefficient (Wildman–Crippen LogP) is 3.39. The number of aromatic hydroxyl groups is 2. The Morgan fingerprint density at radius 3 is 2.56 bits per heavy atom. The maximum atomic E-state index is 11.9. The molecule has 6 heteroatoms. The standard InChI is InChI=1S/C21H31O5P/c1-5-6-7-8-15-12-18(22)19(20(23)21(15)27(24,25)26)17-11-14(4)9-10-16(17)13(2)3/h11-12,16-17,22-23H,2,5-10H2,1,3-4H3,(H2,24,25,26)/p-2/t16-,17+/m0/s1.